The van der Waals surface area contributed by atoms with Crippen molar-refractivity contribution in [3.8, 4) is 5.75 Å². The zero-order valence-electron chi connectivity index (χ0n) is 13.0. The van der Waals surface area contributed by atoms with Crippen LogP contribution in [0.1, 0.15) is 11.3 Å². The molecule has 5 nitrogen and oxygen atoms in total. The molecule has 0 atom stereocenters. The average molecular weight is 358 g/mol. The Kier molecular flexibility index (Phi) is 7.38. The number of halogens is 3. The van der Waals surface area contributed by atoms with E-state index in [2.05, 4.69) is 9.72 Å². The number of nitrogens with zero attached hydrogens (tertiary/aromatic N) is 2. The third kappa shape index (κ3) is 6.00. The van der Waals surface area contributed by atoms with Crippen LogP contribution < -0.4 is 10.5 Å². The Morgan fingerprint density at radius 1 is 1.25 bits per heavy atom. The molecule has 8 heteroatoms. The van der Waals surface area contributed by atoms with Crippen molar-refractivity contribution in [2.75, 3.05) is 12.8 Å². The van der Waals surface area contributed by atoms with E-state index < -0.39 is 6.61 Å². The summed E-state index contributed by atoms with van der Waals surface area (Å²) in [5.41, 5.74) is 7.54. The second-order valence-corrected chi connectivity index (χ2v) is 5.03. The minimum absolute atomic E-state index is 0. The monoisotopic (exact) mass is 357 g/mol. The normalized spacial score (nSPS) is 10.2. The van der Waals surface area contributed by atoms with Gasteiger partial charge >= 0.3 is 6.61 Å². The standard InChI is InChI=1S/C16H17F2N3O2.ClH/c1-21(15(22)8-13-5-4-12(19)9-20-13)10-11-2-6-14(7-3-11)23-16(17)18;/h2-7,9,16H,8,10,19H2,1H3;1H. The van der Waals surface area contributed by atoms with Gasteiger partial charge in [-0.1, -0.05) is 12.1 Å². The number of likely N-dealkylation sites (N-methyl/N-ethyl adjacent to an activating group) is 1. The summed E-state index contributed by atoms with van der Waals surface area (Å²) in [4.78, 5) is 17.8. The maximum Gasteiger partial charge on any atom is 0.387 e. The highest BCUT2D eigenvalue weighted by Crippen LogP contribution is 2.16. The molecular formula is C16H18ClF2N3O2. The quantitative estimate of drug-likeness (QED) is 0.863. The topological polar surface area (TPSA) is 68.5 Å². The lowest BCUT2D eigenvalue weighted by molar-refractivity contribution is -0.129. The van der Waals surface area contributed by atoms with E-state index in [1.807, 2.05) is 0 Å². The van der Waals surface area contributed by atoms with Gasteiger partial charge in [0.2, 0.25) is 5.91 Å². The van der Waals surface area contributed by atoms with E-state index in [-0.39, 0.29) is 30.5 Å². The molecule has 0 saturated carbocycles. The molecule has 2 aromatic rings. The number of ether oxygens (including phenoxy) is 1. The molecule has 24 heavy (non-hydrogen) atoms. The van der Waals surface area contributed by atoms with Gasteiger partial charge in [0.25, 0.3) is 0 Å². The third-order valence-electron chi connectivity index (χ3n) is 3.17. The van der Waals surface area contributed by atoms with Crippen molar-refractivity contribution in [3.63, 3.8) is 0 Å². The fourth-order valence-corrected chi connectivity index (χ4v) is 1.97. The smallest absolute Gasteiger partial charge is 0.387 e. The zero-order valence-corrected chi connectivity index (χ0v) is 13.8. The Hall–Kier alpha value is -2.41. The van der Waals surface area contributed by atoms with Crippen molar-refractivity contribution in [3.05, 3.63) is 53.9 Å². The maximum atomic E-state index is 12.1. The molecule has 2 rings (SSSR count). The van der Waals surface area contributed by atoms with Gasteiger partial charge in [0, 0.05) is 19.3 Å². The van der Waals surface area contributed by atoms with E-state index in [1.54, 1.807) is 36.2 Å². The number of benzene rings is 1. The molecule has 0 bridgehead atoms. The lowest BCUT2D eigenvalue weighted by Crippen LogP contribution is -2.28. The Bertz CT molecular complexity index is 651. The van der Waals surface area contributed by atoms with Gasteiger partial charge in [-0.25, -0.2) is 0 Å². The van der Waals surface area contributed by atoms with Crippen LogP contribution in [0.15, 0.2) is 42.6 Å². The molecule has 2 N–H and O–H groups in total. The number of rotatable bonds is 6. The fourth-order valence-electron chi connectivity index (χ4n) is 1.97. The van der Waals surface area contributed by atoms with Crippen LogP contribution in [0.3, 0.4) is 0 Å². The molecular weight excluding hydrogens is 340 g/mol. The molecule has 0 unspecified atom stereocenters. The summed E-state index contributed by atoms with van der Waals surface area (Å²) in [5.74, 6) is -0.0148. The van der Waals surface area contributed by atoms with E-state index in [0.29, 0.717) is 17.9 Å². The predicted octanol–water partition coefficient (Wildman–Crippen LogP) is 2.89. The largest absolute Gasteiger partial charge is 0.435 e. The number of amides is 1. The minimum Gasteiger partial charge on any atom is -0.435 e. The summed E-state index contributed by atoms with van der Waals surface area (Å²) < 4.78 is 28.4. The molecule has 1 aromatic heterocycles. The van der Waals surface area contributed by atoms with E-state index in [4.69, 9.17) is 5.73 Å². The van der Waals surface area contributed by atoms with Crippen LogP contribution in [-0.4, -0.2) is 29.5 Å². The number of nitrogens with two attached hydrogens (primary N) is 1. The molecule has 0 spiro atoms. The molecule has 0 aliphatic rings. The van der Waals surface area contributed by atoms with Crippen LogP contribution in [0.4, 0.5) is 14.5 Å². The number of hydrogen-bond donors (Lipinski definition) is 1. The van der Waals surface area contributed by atoms with E-state index in [1.165, 1.54) is 18.3 Å². The Balaban J connectivity index is 0.00000288. The van der Waals surface area contributed by atoms with Crippen molar-refractivity contribution >= 4 is 24.0 Å². The van der Waals surface area contributed by atoms with Gasteiger partial charge in [0.1, 0.15) is 5.75 Å². The average Bonchev–Trinajstić information content (AvgIpc) is 2.51. The lowest BCUT2D eigenvalue weighted by Gasteiger charge is -2.17. The van der Waals surface area contributed by atoms with Crippen molar-refractivity contribution < 1.29 is 18.3 Å². The summed E-state index contributed by atoms with van der Waals surface area (Å²) in [6.45, 7) is -2.49. The number of pyridine rings is 1. The van der Waals surface area contributed by atoms with Crippen molar-refractivity contribution in [1.82, 2.24) is 9.88 Å². The second-order valence-electron chi connectivity index (χ2n) is 5.03. The van der Waals surface area contributed by atoms with Gasteiger partial charge in [-0.15, -0.1) is 12.4 Å². The van der Waals surface area contributed by atoms with E-state index in [0.717, 1.165) is 5.56 Å². The molecule has 0 radical (unpaired) electrons. The van der Waals surface area contributed by atoms with Gasteiger partial charge < -0.3 is 15.4 Å². The SMILES string of the molecule is CN(Cc1ccc(OC(F)F)cc1)C(=O)Cc1ccc(N)cn1.Cl. The number of aromatic nitrogens is 1. The number of carbonyl (C=O) groups excluding carboxylic acids is 1. The van der Waals surface area contributed by atoms with Crippen LogP contribution in [0.2, 0.25) is 0 Å². The van der Waals surface area contributed by atoms with E-state index >= 15 is 0 Å². The number of carbonyl (C=O) groups is 1. The molecule has 0 aliphatic heterocycles. The number of nitrogen functional groups attached to an aromatic ring is 1. The van der Waals surface area contributed by atoms with Crippen LogP contribution in [-0.2, 0) is 17.8 Å². The fraction of sp³-hybridized carbons (Fsp3) is 0.250. The van der Waals surface area contributed by atoms with Crippen LogP contribution in [0.25, 0.3) is 0 Å². The van der Waals surface area contributed by atoms with Crippen molar-refractivity contribution in [1.29, 1.82) is 0 Å². The highest BCUT2D eigenvalue weighted by Gasteiger charge is 2.11. The second kappa shape index (κ2) is 9.02. The number of anilines is 1. The predicted molar refractivity (Wildman–Crippen MR) is 89.1 cm³/mol. The lowest BCUT2D eigenvalue weighted by atomic mass is 10.2. The van der Waals surface area contributed by atoms with Gasteiger partial charge in [-0.05, 0) is 29.8 Å². The molecule has 0 saturated heterocycles. The number of hydrogen-bond acceptors (Lipinski definition) is 4. The molecule has 1 amide bonds. The molecule has 130 valence electrons. The Morgan fingerprint density at radius 3 is 2.46 bits per heavy atom. The van der Waals surface area contributed by atoms with Crippen LogP contribution in [0.5, 0.6) is 5.75 Å². The first kappa shape index (κ1) is 19.6. The summed E-state index contributed by atoms with van der Waals surface area (Å²) >= 11 is 0. The van der Waals surface area contributed by atoms with Gasteiger partial charge in [0.05, 0.1) is 18.3 Å². The van der Waals surface area contributed by atoms with Gasteiger partial charge in [-0.3, -0.25) is 9.78 Å². The van der Waals surface area contributed by atoms with Gasteiger partial charge in [-0.2, -0.15) is 8.78 Å². The first-order valence-electron chi connectivity index (χ1n) is 6.92. The summed E-state index contributed by atoms with van der Waals surface area (Å²) in [5, 5.41) is 0. The Morgan fingerprint density at radius 2 is 1.92 bits per heavy atom. The van der Waals surface area contributed by atoms with Gasteiger partial charge in [0.15, 0.2) is 0 Å². The molecule has 0 aliphatic carbocycles. The van der Waals surface area contributed by atoms with E-state index in [9.17, 15) is 13.6 Å². The minimum atomic E-state index is -2.85. The maximum absolute atomic E-state index is 12.1. The molecule has 1 heterocycles. The number of alkyl halides is 2. The first-order chi connectivity index (χ1) is 10.9. The van der Waals surface area contributed by atoms with Crippen LogP contribution in [0, 0.1) is 0 Å². The summed E-state index contributed by atoms with van der Waals surface area (Å²) in [6, 6.07) is 9.57. The summed E-state index contributed by atoms with van der Waals surface area (Å²) in [6.07, 6.45) is 1.67. The molecule has 1 aromatic carbocycles. The highest BCUT2D eigenvalue weighted by atomic mass is 35.5. The van der Waals surface area contributed by atoms with Crippen molar-refractivity contribution in [2.45, 2.75) is 19.6 Å². The summed E-state index contributed by atoms with van der Waals surface area (Å²) in [7, 11) is 1.67. The van der Waals surface area contributed by atoms with Crippen molar-refractivity contribution in [2.24, 2.45) is 0 Å². The highest BCUT2D eigenvalue weighted by molar-refractivity contribution is 5.85. The first-order valence-corrected chi connectivity index (χ1v) is 6.92. The van der Waals surface area contributed by atoms with Crippen LogP contribution >= 0.6 is 12.4 Å². The Labute approximate surface area is 144 Å². The molecule has 0 fully saturated rings. The third-order valence-corrected chi connectivity index (χ3v) is 3.17. The zero-order chi connectivity index (χ0) is 16.8.